The van der Waals surface area contributed by atoms with E-state index in [4.69, 9.17) is 23.1 Å². The first kappa shape index (κ1) is 14.2. The number of hydrogen-bond acceptors (Lipinski definition) is 3. The molecule has 0 spiro atoms. The Morgan fingerprint density at radius 2 is 2.32 bits per heavy atom. The van der Waals surface area contributed by atoms with E-state index in [0.717, 1.165) is 38.0 Å². The van der Waals surface area contributed by atoms with Crippen LogP contribution in [0.15, 0.2) is 18.2 Å². The summed E-state index contributed by atoms with van der Waals surface area (Å²) < 4.78 is 13.9. The zero-order valence-corrected chi connectivity index (χ0v) is 11.6. The van der Waals surface area contributed by atoms with Gasteiger partial charge in [-0.2, -0.15) is 0 Å². The molecule has 1 heterocycles. The highest BCUT2D eigenvalue weighted by atomic mass is 32.1. The lowest BCUT2D eigenvalue weighted by Gasteiger charge is -2.34. The predicted octanol–water partition coefficient (Wildman–Crippen LogP) is 2.06. The maximum Gasteiger partial charge on any atom is 0.135 e. The Kier molecular flexibility index (Phi) is 4.71. The van der Waals surface area contributed by atoms with E-state index < -0.39 is 0 Å². The summed E-state index contributed by atoms with van der Waals surface area (Å²) in [5.74, 6) is 0.117. The van der Waals surface area contributed by atoms with Gasteiger partial charge in [-0.15, -0.1) is 0 Å². The van der Waals surface area contributed by atoms with Crippen LogP contribution in [0.3, 0.4) is 0 Å². The fraction of sp³-hybridized carbons (Fsp3) is 0.500. The van der Waals surface area contributed by atoms with Crippen LogP contribution < -0.4 is 10.6 Å². The lowest BCUT2D eigenvalue weighted by Crippen LogP contribution is -2.35. The van der Waals surface area contributed by atoms with Gasteiger partial charge in [-0.05, 0) is 43.4 Å². The van der Waals surface area contributed by atoms with Gasteiger partial charge >= 0.3 is 0 Å². The summed E-state index contributed by atoms with van der Waals surface area (Å²) in [5, 5.41) is 9.01. The van der Waals surface area contributed by atoms with Gasteiger partial charge in [0, 0.05) is 30.9 Å². The Balaban J connectivity index is 2.13. The third kappa shape index (κ3) is 3.42. The van der Waals surface area contributed by atoms with E-state index in [0.29, 0.717) is 11.5 Å². The Hall–Kier alpha value is -1.20. The molecule has 1 aromatic rings. The number of rotatable bonds is 4. The van der Waals surface area contributed by atoms with Crippen LogP contribution in [0, 0.1) is 11.7 Å². The number of benzene rings is 1. The van der Waals surface area contributed by atoms with Gasteiger partial charge in [0.15, 0.2) is 0 Å². The number of nitrogens with two attached hydrogens (primary N) is 1. The van der Waals surface area contributed by atoms with Crippen molar-refractivity contribution in [2.75, 3.05) is 24.6 Å². The second kappa shape index (κ2) is 6.30. The third-order valence-electron chi connectivity index (χ3n) is 3.64. The molecule has 1 fully saturated rings. The number of aliphatic hydroxyl groups excluding tert-OH is 1. The Morgan fingerprint density at radius 3 is 2.95 bits per heavy atom. The maximum absolute atomic E-state index is 13.9. The molecule has 0 bridgehead atoms. The highest BCUT2D eigenvalue weighted by Gasteiger charge is 2.20. The molecule has 1 aliphatic rings. The van der Waals surface area contributed by atoms with Gasteiger partial charge in [-0.25, -0.2) is 4.39 Å². The van der Waals surface area contributed by atoms with Crippen molar-refractivity contribution < 1.29 is 9.50 Å². The molecule has 1 atom stereocenters. The van der Waals surface area contributed by atoms with Crippen LogP contribution in [0.5, 0.6) is 0 Å². The largest absolute Gasteiger partial charge is 0.396 e. The highest BCUT2D eigenvalue weighted by Crippen LogP contribution is 2.26. The monoisotopic (exact) mass is 282 g/mol. The molecule has 2 rings (SSSR count). The molecule has 0 radical (unpaired) electrons. The summed E-state index contributed by atoms with van der Waals surface area (Å²) >= 11 is 4.80. The van der Waals surface area contributed by atoms with E-state index in [1.54, 1.807) is 6.07 Å². The average molecular weight is 282 g/mol. The molecule has 5 heteroatoms. The van der Waals surface area contributed by atoms with Crippen molar-refractivity contribution in [1.29, 1.82) is 0 Å². The van der Waals surface area contributed by atoms with Crippen LogP contribution in [0.1, 0.15) is 24.8 Å². The molecular weight excluding hydrogens is 263 g/mol. The Morgan fingerprint density at radius 1 is 1.53 bits per heavy atom. The first-order valence-corrected chi connectivity index (χ1v) is 6.98. The molecule has 0 amide bonds. The number of piperidine rings is 1. The molecule has 0 saturated carbocycles. The molecule has 0 aromatic heterocycles. The molecule has 0 aliphatic carbocycles. The second-order valence-corrected chi connectivity index (χ2v) is 5.43. The smallest absolute Gasteiger partial charge is 0.135 e. The number of anilines is 1. The first-order chi connectivity index (χ1) is 9.11. The number of halogens is 1. The minimum Gasteiger partial charge on any atom is -0.396 e. The molecule has 3 N–H and O–H groups in total. The number of aliphatic hydroxyl groups is 1. The van der Waals surface area contributed by atoms with Crippen molar-refractivity contribution in [3.8, 4) is 0 Å². The fourth-order valence-electron chi connectivity index (χ4n) is 2.62. The van der Waals surface area contributed by atoms with Gasteiger partial charge < -0.3 is 15.7 Å². The summed E-state index contributed by atoms with van der Waals surface area (Å²) in [6.45, 7) is 2.01. The SMILES string of the molecule is NC(=S)c1ccc(N2CCCC(CCO)C2)cc1F. The first-order valence-electron chi connectivity index (χ1n) is 6.57. The number of thiocarbonyl (C=S) groups is 1. The lowest BCUT2D eigenvalue weighted by atomic mass is 9.94. The zero-order valence-electron chi connectivity index (χ0n) is 10.8. The van der Waals surface area contributed by atoms with Crippen LogP contribution in [0.2, 0.25) is 0 Å². The van der Waals surface area contributed by atoms with E-state index in [9.17, 15) is 4.39 Å². The summed E-state index contributed by atoms with van der Waals surface area (Å²) in [6.07, 6.45) is 3.01. The lowest BCUT2D eigenvalue weighted by molar-refractivity contribution is 0.244. The molecule has 1 unspecified atom stereocenters. The topological polar surface area (TPSA) is 49.5 Å². The molecular formula is C14H19FN2OS. The van der Waals surface area contributed by atoms with Crippen molar-refractivity contribution >= 4 is 22.9 Å². The summed E-state index contributed by atoms with van der Waals surface area (Å²) in [4.78, 5) is 2.25. The quantitative estimate of drug-likeness (QED) is 0.830. The van der Waals surface area contributed by atoms with Gasteiger partial charge in [0.1, 0.15) is 10.8 Å². The Labute approximate surface area is 118 Å². The number of nitrogens with zero attached hydrogens (tertiary/aromatic N) is 1. The van der Waals surface area contributed by atoms with Crippen molar-refractivity contribution in [2.24, 2.45) is 11.7 Å². The normalized spacial score (nSPS) is 19.5. The van der Waals surface area contributed by atoms with E-state index in [1.807, 2.05) is 6.07 Å². The van der Waals surface area contributed by atoms with Crippen molar-refractivity contribution in [2.45, 2.75) is 19.3 Å². The molecule has 104 valence electrons. The molecule has 19 heavy (non-hydrogen) atoms. The predicted molar refractivity (Wildman–Crippen MR) is 78.9 cm³/mol. The molecule has 1 saturated heterocycles. The van der Waals surface area contributed by atoms with E-state index in [2.05, 4.69) is 4.90 Å². The Bertz CT molecular complexity index is 465. The third-order valence-corrected chi connectivity index (χ3v) is 3.86. The minimum atomic E-state index is -0.366. The zero-order chi connectivity index (χ0) is 13.8. The standard InChI is InChI=1S/C14H19FN2OS/c15-13-8-11(3-4-12(13)14(16)19)17-6-1-2-10(9-17)5-7-18/h3-4,8,10,18H,1-2,5-7,9H2,(H2,16,19). The van der Waals surface area contributed by atoms with Crippen LogP contribution >= 0.6 is 12.2 Å². The average Bonchev–Trinajstić information content (AvgIpc) is 2.39. The maximum atomic E-state index is 13.9. The van der Waals surface area contributed by atoms with Crippen LogP contribution in [-0.4, -0.2) is 29.8 Å². The van der Waals surface area contributed by atoms with Crippen LogP contribution in [0.25, 0.3) is 0 Å². The van der Waals surface area contributed by atoms with Crippen molar-refractivity contribution in [3.05, 3.63) is 29.6 Å². The fourth-order valence-corrected chi connectivity index (χ4v) is 2.78. The van der Waals surface area contributed by atoms with Gasteiger partial charge in [-0.1, -0.05) is 12.2 Å². The molecule has 1 aliphatic heterocycles. The summed E-state index contributed by atoms with van der Waals surface area (Å²) in [7, 11) is 0. The molecule has 3 nitrogen and oxygen atoms in total. The van der Waals surface area contributed by atoms with Crippen LogP contribution in [-0.2, 0) is 0 Å². The molecule has 1 aromatic carbocycles. The number of hydrogen-bond donors (Lipinski definition) is 2. The summed E-state index contributed by atoms with van der Waals surface area (Å²) in [6, 6.07) is 5.00. The second-order valence-electron chi connectivity index (χ2n) is 4.99. The van der Waals surface area contributed by atoms with Crippen molar-refractivity contribution in [3.63, 3.8) is 0 Å². The van der Waals surface area contributed by atoms with Crippen molar-refractivity contribution in [1.82, 2.24) is 0 Å². The summed E-state index contributed by atoms with van der Waals surface area (Å²) in [5.41, 5.74) is 6.61. The minimum absolute atomic E-state index is 0.0841. The van der Waals surface area contributed by atoms with E-state index in [1.165, 1.54) is 6.07 Å². The van der Waals surface area contributed by atoms with Gasteiger partial charge in [0.25, 0.3) is 0 Å². The highest BCUT2D eigenvalue weighted by molar-refractivity contribution is 7.80. The van der Waals surface area contributed by atoms with E-state index in [-0.39, 0.29) is 17.4 Å². The van der Waals surface area contributed by atoms with E-state index >= 15 is 0 Å². The van der Waals surface area contributed by atoms with Crippen LogP contribution in [0.4, 0.5) is 10.1 Å². The van der Waals surface area contributed by atoms with Gasteiger partial charge in [-0.3, -0.25) is 0 Å². The van der Waals surface area contributed by atoms with Gasteiger partial charge in [0.05, 0.1) is 0 Å². The van der Waals surface area contributed by atoms with Gasteiger partial charge in [0.2, 0.25) is 0 Å².